The molecule has 0 aliphatic rings. The van der Waals surface area contributed by atoms with E-state index in [-0.39, 0.29) is 17.2 Å². The molecule has 82 valence electrons. The fourth-order valence-electron chi connectivity index (χ4n) is 1.04. The molecule has 0 fully saturated rings. The Bertz CT molecular complexity index is 382. The predicted octanol–water partition coefficient (Wildman–Crippen LogP) is 3.38. The summed E-state index contributed by atoms with van der Waals surface area (Å²) in [5.74, 6) is -0.994. The fourth-order valence-corrected chi connectivity index (χ4v) is 1.85. The van der Waals surface area contributed by atoms with E-state index in [4.69, 9.17) is 16.3 Å². The lowest BCUT2D eigenvalue weighted by molar-refractivity contribution is 0.0526. The standard InChI is InChI=1S/C10H10ClFO2S/c1-3-14-10(13)6-4-7(11)9(12)8(5-6)15-2/h4-5H,3H2,1-2H3. The number of benzene rings is 1. The summed E-state index contributed by atoms with van der Waals surface area (Å²) >= 11 is 6.84. The Morgan fingerprint density at radius 1 is 1.60 bits per heavy atom. The molecule has 0 spiro atoms. The average Bonchev–Trinajstić information content (AvgIpc) is 2.22. The van der Waals surface area contributed by atoms with Gasteiger partial charge < -0.3 is 4.74 Å². The first-order valence-electron chi connectivity index (χ1n) is 4.30. The van der Waals surface area contributed by atoms with Crippen molar-refractivity contribution in [2.45, 2.75) is 11.8 Å². The highest BCUT2D eigenvalue weighted by molar-refractivity contribution is 7.98. The molecule has 15 heavy (non-hydrogen) atoms. The number of ether oxygens (including phenoxy) is 1. The molecule has 0 bridgehead atoms. The quantitative estimate of drug-likeness (QED) is 0.606. The zero-order valence-electron chi connectivity index (χ0n) is 8.34. The molecular formula is C10H10ClFO2S. The second-order valence-electron chi connectivity index (χ2n) is 2.69. The van der Waals surface area contributed by atoms with Crippen molar-refractivity contribution in [2.75, 3.05) is 12.9 Å². The Morgan fingerprint density at radius 3 is 2.80 bits per heavy atom. The Kier molecular flexibility index (Phi) is 4.42. The van der Waals surface area contributed by atoms with Crippen LogP contribution in [0.15, 0.2) is 17.0 Å². The molecule has 0 radical (unpaired) electrons. The zero-order valence-corrected chi connectivity index (χ0v) is 9.91. The van der Waals surface area contributed by atoms with Crippen LogP contribution >= 0.6 is 23.4 Å². The molecule has 1 aromatic rings. The van der Waals surface area contributed by atoms with Gasteiger partial charge in [-0.05, 0) is 25.3 Å². The number of hydrogen-bond acceptors (Lipinski definition) is 3. The van der Waals surface area contributed by atoms with Gasteiger partial charge in [-0.3, -0.25) is 0 Å². The van der Waals surface area contributed by atoms with Crippen molar-refractivity contribution in [1.82, 2.24) is 0 Å². The Labute approximate surface area is 96.8 Å². The third kappa shape index (κ3) is 2.86. The van der Waals surface area contributed by atoms with Crippen LogP contribution in [0.2, 0.25) is 5.02 Å². The minimum Gasteiger partial charge on any atom is -0.462 e. The first-order chi connectivity index (χ1) is 7.10. The molecule has 0 saturated carbocycles. The van der Waals surface area contributed by atoms with E-state index in [0.29, 0.717) is 4.90 Å². The summed E-state index contributed by atoms with van der Waals surface area (Å²) in [6.07, 6.45) is 1.71. The van der Waals surface area contributed by atoms with Gasteiger partial charge in [-0.2, -0.15) is 0 Å². The lowest BCUT2D eigenvalue weighted by atomic mass is 10.2. The highest BCUT2D eigenvalue weighted by atomic mass is 35.5. The monoisotopic (exact) mass is 248 g/mol. The van der Waals surface area contributed by atoms with Crippen LogP contribution < -0.4 is 0 Å². The van der Waals surface area contributed by atoms with E-state index in [0.717, 1.165) is 0 Å². The summed E-state index contributed by atoms with van der Waals surface area (Å²) in [6.45, 7) is 1.99. The van der Waals surface area contributed by atoms with Gasteiger partial charge in [0.15, 0.2) is 5.82 Å². The Balaban J connectivity index is 3.10. The number of rotatable bonds is 3. The summed E-state index contributed by atoms with van der Waals surface area (Å²) in [6, 6.07) is 2.71. The first-order valence-corrected chi connectivity index (χ1v) is 5.90. The Morgan fingerprint density at radius 2 is 2.27 bits per heavy atom. The summed E-state index contributed by atoms with van der Waals surface area (Å²) in [5.41, 5.74) is 0.271. The van der Waals surface area contributed by atoms with Crippen LogP contribution in [0.4, 0.5) is 4.39 Å². The maximum atomic E-state index is 13.3. The summed E-state index contributed by atoms with van der Waals surface area (Å²) < 4.78 is 18.1. The SMILES string of the molecule is CCOC(=O)c1cc(Cl)c(F)c(SC)c1. The number of carbonyl (C=O) groups excluding carboxylic acids is 1. The molecule has 5 heteroatoms. The third-order valence-electron chi connectivity index (χ3n) is 1.73. The molecule has 0 N–H and O–H groups in total. The van der Waals surface area contributed by atoms with Gasteiger partial charge in [0.2, 0.25) is 0 Å². The lowest BCUT2D eigenvalue weighted by Crippen LogP contribution is -2.05. The molecule has 0 atom stereocenters. The fraction of sp³-hybridized carbons (Fsp3) is 0.300. The van der Waals surface area contributed by atoms with Gasteiger partial charge >= 0.3 is 5.97 Å². The highest BCUT2D eigenvalue weighted by Crippen LogP contribution is 2.27. The van der Waals surface area contributed by atoms with Crippen LogP contribution in [-0.4, -0.2) is 18.8 Å². The van der Waals surface area contributed by atoms with Crippen LogP contribution in [-0.2, 0) is 4.74 Å². The number of halogens is 2. The van der Waals surface area contributed by atoms with Crippen molar-refractivity contribution in [3.8, 4) is 0 Å². The Hall–Kier alpha value is -0.740. The first kappa shape index (κ1) is 12.3. The molecule has 0 saturated heterocycles. The molecule has 1 rings (SSSR count). The maximum Gasteiger partial charge on any atom is 0.338 e. The van der Waals surface area contributed by atoms with Crippen molar-refractivity contribution in [1.29, 1.82) is 0 Å². The van der Waals surface area contributed by atoms with Crippen molar-refractivity contribution in [2.24, 2.45) is 0 Å². The molecule has 0 heterocycles. The average molecular weight is 249 g/mol. The maximum absolute atomic E-state index is 13.3. The van der Waals surface area contributed by atoms with E-state index < -0.39 is 11.8 Å². The topological polar surface area (TPSA) is 26.3 Å². The lowest BCUT2D eigenvalue weighted by Gasteiger charge is -2.06. The summed E-state index contributed by atoms with van der Waals surface area (Å²) in [7, 11) is 0. The molecular weight excluding hydrogens is 239 g/mol. The van der Waals surface area contributed by atoms with E-state index in [9.17, 15) is 9.18 Å². The van der Waals surface area contributed by atoms with Gasteiger partial charge in [0.25, 0.3) is 0 Å². The van der Waals surface area contributed by atoms with E-state index in [2.05, 4.69) is 0 Å². The van der Waals surface area contributed by atoms with Crippen LogP contribution in [0.25, 0.3) is 0 Å². The number of hydrogen-bond donors (Lipinski definition) is 0. The van der Waals surface area contributed by atoms with Crippen molar-refractivity contribution < 1.29 is 13.9 Å². The summed E-state index contributed by atoms with van der Waals surface area (Å²) in [5, 5.41) is -0.0649. The minimum atomic E-state index is -0.503. The predicted molar refractivity (Wildman–Crippen MR) is 59.1 cm³/mol. The third-order valence-corrected chi connectivity index (χ3v) is 2.74. The van der Waals surface area contributed by atoms with Crippen LogP contribution in [0.3, 0.4) is 0 Å². The zero-order chi connectivity index (χ0) is 11.4. The van der Waals surface area contributed by atoms with Crippen molar-refractivity contribution >= 4 is 29.3 Å². The van der Waals surface area contributed by atoms with Gasteiger partial charge in [-0.15, -0.1) is 11.8 Å². The molecule has 0 unspecified atom stereocenters. The van der Waals surface area contributed by atoms with E-state index >= 15 is 0 Å². The van der Waals surface area contributed by atoms with Crippen LogP contribution in [0.1, 0.15) is 17.3 Å². The van der Waals surface area contributed by atoms with E-state index in [1.807, 2.05) is 0 Å². The van der Waals surface area contributed by atoms with Gasteiger partial charge in [0, 0.05) is 4.90 Å². The number of thioether (sulfide) groups is 1. The van der Waals surface area contributed by atoms with Gasteiger partial charge in [0.05, 0.1) is 17.2 Å². The minimum absolute atomic E-state index is 0.0649. The number of esters is 1. The van der Waals surface area contributed by atoms with E-state index in [1.54, 1.807) is 13.2 Å². The molecule has 0 amide bonds. The van der Waals surface area contributed by atoms with Crippen molar-refractivity contribution in [3.63, 3.8) is 0 Å². The molecule has 0 aliphatic heterocycles. The van der Waals surface area contributed by atoms with E-state index in [1.165, 1.54) is 23.9 Å². The van der Waals surface area contributed by atoms with Crippen LogP contribution in [0, 0.1) is 5.82 Å². The molecule has 1 aromatic carbocycles. The van der Waals surface area contributed by atoms with Gasteiger partial charge in [0.1, 0.15) is 0 Å². The summed E-state index contributed by atoms with van der Waals surface area (Å²) in [4.78, 5) is 11.7. The smallest absolute Gasteiger partial charge is 0.338 e. The molecule has 2 nitrogen and oxygen atoms in total. The van der Waals surface area contributed by atoms with Crippen LogP contribution in [0.5, 0.6) is 0 Å². The normalized spacial score (nSPS) is 10.1. The highest BCUT2D eigenvalue weighted by Gasteiger charge is 2.13. The second kappa shape index (κ2) is 5.37. The second-order valence-corrected chi connectivity index (χ2v) is 3.95. The van der Waals surface area contributed by atoms with Crippen molar-refractivity contribution in [3.05, 3.63) is 28.5 Å². The molecule has 0 aliphatic carbocycles. The van der Waals surface area contributed by atoms with Gasteiger partial charge in [-0.25, -0.2) is 9.18 Å². The number of carbonyl (C=O) groups is 1. The largest absolute Gasteiger partial charge is 0.462 e. The molecule has 0 aromatic heterocycles. The van der Waals surface area contributed by atoms with Gasteiger partial charge in [-0.1, -0.05) is 11.6 Å².